The molecule has 0 radical (unpaired) electrons. The van der Waals surface area contributed by atoms with Gasteiger partial charge in [-0.2, -0.15) is 4.31 Å². The molecule has 0 fully saturated rings. The van der Waals surface area contributed by atoms with Crippen LogP contribution in [0.3, 0.4) is 0 Å². The van der Waals surface area contributed by atoms with Crippen LogP contribution in [-0.4, -0.2) is 31.1 Å². The molecular formula is C9H21NO2S. The third-order valence-corrected chi connectivity index (χ3v) is 4.29. The summed E-state index contributed by atoms with van der Waals surface area (Å²) in [6.45, 7) is 8.20. The summed E-state index contributed by atoms with van der Waals surface area (Å²) in [4.78, 5) is 0. The maximum Gasteiger partial charge on any atom is 0.214 e. The zero-order valence-corrected chi connectivity index (χ0v) is 9.89. The van der Waals surface area contributed by atoms with Gasteiger partial charge in [0, 0.05) is 12.6 Å². The fourth-order valence-corrected chi connectivity index (χ4v) is 2.89. The van der Waals surface area contributed by atoms with Crippen LogP contribution >= 0.6 is 0 Å². The molecule has 80 valence electrons. The van der Waals surface area contributed by atoms with Gasteiger partial charge < -0.3 is 0 Å². The molecule has 0 bridgehead atoms. The highest BCUT2D eigenvalue weighted by Gasteiger charge is 2.22. The van der Waals surface area contributed by atoms with Crippen molar-refractivity contribution in [1.29, 1.82) is 0 Å². The summed E-state index contributed by atoms with van der Waals surface area (Å²) in [7, 11) is -3.00. The molecule has 0 saturated heterocycles. The minimum absolute atomic E-state index is 0.139. The van der Waals surface area contributed by atoms with E-state index in [-0.39, 0.29) is 11.8 Å². The summed E-state index contributed by atoms with van der Waals surface area (Å²) in [5.41, 5.74) is 0. The van der Waals surface area contributed by atoms with E-state index < -0.39 is 10.0 Å². The predicted molar refractivity (Wildman–Crippen MR) is 56.2 cm³/mol. The standard InChI is InChI=1S/C9H21NO2S/c1-5-8-9(4)10(6-2)13(11,12)7-3/h9H,5-8H2,1-4H3. The van der Waals surface area contributed by atoms with Crippen LogP contribution in [0, 0.1) is 0 Å². The molecule has 0 aliphatic heterocycles. The maximum absolute atomic E-state index is 11.6. The van der Waals surface area contributed by atoms with Gasteiger partial charge in [-0.25, -0.2) is 8.42 Å². The van der Waals surface area contributed by atoms with Gasteiger partial charge in [-0.15, -0.1) is 0 Å². The molecule has 3 nitrogen and oxygen atoms in total. The first-order chi connectivity index (χ1) is 5.99. The third kappa shape index (κ3) is 3.65. The molecule has 0 saturated carbocycles. The largest absolute Gasteiger partial charge is 0.214 e. The van der Waals surface area contributed by atoms with Crippen LogP contribution in [0.4, 0.5) is 0 Å². The lowest BCUT2D eigenvalue weighted by molar-refractivity contribution is 0.333. The lowest BCUT2D eigenvalue weighted by atomic mass is 10.2. The second kappa shape index (κ2) is 5.60. The maximum atomic E-state index is 11.6. The average Bonchev–Trinajstić information content (AvgIpc) is 2.05. The molecule has 0 heterocycles. The lowest BCUT2D eigenvalue weighted by Gasteiger charge is -2.26. The Morgan fingerprint density at radius 3 is 2.08 bits per heavy atom. The van der Waals surface area contributed by atoms with Crippen molar-refractivity contribution >= 4 is 10.0 Å². The van der Waals surface area contributed by atoms with Gasteiger partial charge in [-0.1, -0.05) is 20.3 Å². The quantitative estimate of drug-likeness (QED) is 0.666. The number of hydrogen-bond acceptors (Lipinski definition) is 2. The van der Waals surface area contributed by atoms with Crippen LogP contribution in [0.25, 0.3) is 0 Å². The van der Waals surface area contributed by atoms with Crippen molar-refractivity contribution in [3.8, 4) is 0 Å². The van der Waals surface area contributed by atoms with Gasteiger partial charge in [-0.05, 0) is 20.3 Å². The van der Waals surface area contributed by atoms with Crippen molar-refractivity contribution in [3.63, 3.8) is 0 Å². The Balaban J connectivity index is 4.50. The first kappa shape index (κ1) is 12.9. The van der Waals surface area contributed by atoms with Crippen molar-refractivity contribution in [2.45, 2.75) is 46.6 Å². The van der Waals surface area contributed by atoms with E-state index in [2.05, 4.69) is 6.92 Å². The van der Waals surface area contributed by atoms with Crippen LogP contribution in [0.15, 0.2) is 0 Å². The first-order valence-electron chi connectivity index (χ1n) is 4.99. The summed E-state index contributed by atoms with van der Waals surface area (Å²) in [5, 5.41) is 0. The summed E-state index contributed by atoms with van der Waals surface area (Å²) in [5.74, 6) is 0.203. The van der Waals surface area contributed by atoms with E-state index in [1.165, 1.54) is 0 Å². The zero-order chi connectivity index (χ0) is 10.5. The number of nitrogens with zero attached hydrogens (tertiary/aromatic N) is 1. The molecule has 0 rings (SSSR count). The molecule has 0 aliphatic carbocycles. The van der Waals surface area contributed by atoms with E-state index in [1.54, 1.807) is 11.2 Å². The lowest BCUT2D eigenvalue weighted by Crippen LogP contribution is -2.39. The van der Waals surface area contributed by atoms with E-state index in [1.807, 2.05) is 13.8 Å². The number of rotatable bonds is 6. The van der Waals surface area contributed by atoms with Crippen molar-refractivity contribution < 1.29 is 8.42 Å². The summed E-state index contributed by atoms with van der Waals surface area (Å²) >= 11 is 0. The SMILES string of the molecule is CCCC(C)N(CC)S(=O)(=O)CC. The Bertz CT molecular complexity index is 224. The Labute approximate surface area is 82.2 Å². The van der Waals surface area contributed by atoms with E-state index >= 15 is 0 Å². The van der Waals surface area contributed by atoms with Crippen molar-refractivity contribution in [1.82, 2.24) is 4.31 Å². The first-order valence-corrected chi connectivity index (χ1v) is 6.60. The number of sulfonamides is 1. The summed E-state index contributed by atoms with van der Waals surface area (Å²) in [6.07, 6.45) is 1.96. The highest BCUT2D eigenvalue weighted by Crippen LogP contribution is 2.11. The molecule has 0 N–H and O–H groups in total. The topological polar surface area (TPSA) is 37.4 Å². The predicted octanol–water partition coefficient (Wildman–Crippen LogP) is 1.85. The van der Waals surface area contributed by atoms with Gasteiger partial charge in [0.2, 0.25) is 10.0 Å². The van der Waals surface area contributed by atoms with Gasteiger partial charge in [0.05, 0.1) is 5.75 Å². The minimum atomic E-state index is -3.00. The van der Waals surface area contributed by atoms with Crippen LogP contribution in [-0.2, 0) is 10.0 Å². The highest BCUT2D eigenvalue weighted by molar-refractivity contribution is 7.89. The summed E-state index contributed by atoms with van der Waals surface area (Å²) < 4.78 is 24.7. The van der Waals surface area contributed by atoms with Crippen molar-refractivity contribution in [2.24, 2.45) is 0 Å². The Kier molecular flexibility index (Phi) is 5.56. The average molecular weight is 207 g/mol. The van der Waals surface area contributed by atoms with Crippen LogP contribution < -0.4 is 0 Å². The molecule has 13 heavy (non-hydrogen) atoms. The zero-order valence-electron chi connectivity index (χ0n) is 9.08. The Morgan fingerprint density at radius 1 is 1.23 bits per heavy atom. The smallest absolute Gasteiger partial charge is 0.212 e. The highest BCUT2D eigenvalue weighted by atomic mass is 32.2. The monoisotopic (exact) mass is 207 g/mol. The second-order valence-electron chi connectivity index (χ2n) is 3.24. The normalized spacial score (nSPS) is 14.8. The van der Waals surface area contributed by atoms with Gasteiger partial charge in [0.15, 0.2) is 0 Å². The molecule has 0 amide bonds. The fraction of sp³-hybridized carbons (Fsp3) is 1.00. The minimum Gasteiger partial charge on any atom is -0.212 e. The van der Waals surface area contributed by atoms with Crippen LogP contribution in [0.2, 0.25) is 0 Å². The van der Waals surface area contributed by atoms with Crippen molar-refractivity contribution in [2.75, 3.05) is 12.3 Å². The Morgan fingerprint density at radius 2 is 1.77 bits per heavy atom. The number of hydrogen-bond donors (Lipinski definition) is 0. The van der Waals surface area contributed by atoms with Gasteiger partial charge >= 0.3 is 0 Å². The molecule has 1 atom stereocenters. The fourth-order valence-electron chi connectivity index (χ4n) is 1.51. The molecule has 0 aromatic heterocycles. The van der Waals surface area contributed by atoms with Crippen LogP contribution in [0.5, 0.6) is 0 Å². The van der Waals surface area contributed by atoms with Gasteiger partial charge in [0.1, 0.15) is 0 Å². The Hall–Kier alpha value is -0.0900. The van der Waals surface area contributed by atoms with E-state index in [9.17, 15) is 8.42 Å². The summed E-state index contributed by atoms with van der Waals surface area (Å²) in [6, 6.07) is 0.139. The molecule has 0 spiro atoms. The molecule has 0 aromatic carbocycles. The van der Waals surface area contributed by atoms with E-state index in [4.69, 9.17) is 0 Å². The molecular weight excluding hydrogens is 186 g/mol. The van der Waals surface area contributed by atoms with Crippen molar-refractivity contribution in [3.05, 3.63) is 0 Å². The molecule has 0 aliphatic rings. The van der Waals surface area contributed by atoms with E-state index in [0.29, 0.717) is 6.54 Å². The van der Waals surface area contributed by atoms with Gasteiger partial charge in [-0.3, -0.25) is 0 Å². The third-order valence-electron chi connectivity index (χ3n) is 2.23. The second-order valence-corrected chi connectivity index (χ2v) is 5.45. The van der Waals surface area contributed by atoms with Crippen LogP contribution in [0.1, 0.15) is 40.5 Å². The van der Waals surface area contributed by atoms with E-state index in [0.717, 1.165) is 12.8 Å². The molecule has 1 unspecified atom stereocenters. The molecule has 0 aromatic rings. The van der Waals surface area contributed by atoms with Gasteiger partial charge in [0.25, 0.3) is 0 Å². The molecule has 4 heteroatoms.